The molecule has 0 saturated heterocycles. The predicted molar refractivity (Wildman–Crippen MR) is 132 cm³/mol. The second kappa shape index (κ2) is 9.40. The van der Waals surface area contributed by atoms with Crippen molar-refractivity contribution in [2.45, 2.75) is 20.0 Å². The van der Waals surface area contributed by atoms with Gasteiger partial charge in [0.05, 0.1) is 31.6 Å². The highest BCUT2D eigenvalue weighted by molar-refractivity contribution is 6.30. The van der Waals surface area contributed by atoms with Crippen molar-refractivity contribution >= 4 is 45.5 Å². The van der Waals surface area contributed by atoms with Gasteiger partial charge in [-0.05, 0) is 55.0 Å². The lowest BCUT2D eigenvalue weighted by atomic mass is 10.1. The Kier molecular flexibility index (Phi) is 6.13. The van der Waals surface area contributed by atoms with E-state index in [1.54, 1.807) is 71.8 Å². The van der Waals surface area contributed by atoms with Crippen molar-refractivity contribution in [1.29, 1.82) is 0 Å². The zero-order valence-electron chi connectivity index (χ0n) is 19.4. The van der Waals surface area contributed by atoms with E-state index in [9.17, 15) is 14.8 Å². The van der Waals surface area contributed by atoms with Crippen molar-refractivity contribution in [3.63, 3.8) is 0 Å². The van der Waals surface area contributed by atoms with E-state index in [0.29, 0.717) is 54.7 Å². The third-order valence-electron chi connectivity index (χ3n) is 6.04. The first-order valence-electron chi connectivity index (χ1n) is 11.0. The Labute approximate surface area is 210 Å². The smallest absolute Gasteiger partial charge is 0.262 e. The Morgan fingerprint density at radius 2 is 1.89 bits per heavy atom. The SMILES string of the molecule is COc1ccc2c(c1)c(CC(=O)N(O)Cn1cnc3ncncc31)c(C)n2C(=O)c1ccc(Cl)cc1. The van der Waals surface area contributed by atoms with Gasteiger partial charge in [-0.15, -0.1) is 0 Å². The molecule has 0 unspecified atom stereocenters. The van der Waals surface area contributed by atoms with Gasteiger partial charge in [-0.2, -0.15) is 0 Å². The molecule has 0 saturated carbocycles. The van der Waals surface area contributed by atoms with Gasteiger partial charge in [0.25, 0.3) is 11.8 Å². The molecular weight excluding hydrogens is 484 g/mol. The average molecular weight is 505 g/mol. The van der Waals surface area contributed by atoms with Crippen molar-refractivity contribution < 1.29 is 19.5 Å². The van der Waals surface area contributed by atoms with Gasteiger partial charge in [-0.25, -0.2) is 20.0 Å². The molecule has 10 nitrogen and oxygen atoms in total. The van der Waals surface area contributed by atoms with Crippen LogP contribution in [0.25, 0.3) is 22.1 Å². The van der Waals surface area contributed by atoms with Crippen molar-refractivity contribution in [2.75, 3.05) is 7.11 Å². The number of halogens is 1. The highest BCUT2D eigenvalue weighted by atomic mass is 35.5. The van der Waals surface area contributed by atoms with E-state index in [1.165, 1.54) is 12.7 Å². The summed E-state index contributed by atoms with van der Waals surface area (Å²) in [4.78, 5) is 38.7. The second-order valence-corrected chi connectivity index (χ2v) is 8.59. The van der Waals surface area contributed by atoms with E-state index in [2.05, 4.69) is 15.0 Å². The lowest BCUT2D eigenvalue weighted by Gasteiger charge is -2.16. The first kappa shape index (κ1) is 23.5. The first-order chi connectivity index (χ1) is 17.4. The summed E-state index contributed by atoms with van der Waals surface area (Å²) in [5, 5.41) is 12.4. The predicted octanol–water partition coefficient (Wildman–Crippen LogP) is 3.86. The number of benzene rings is 2. The third-order valence-corrected chi connectivity index (χ3v) is 6.29. The molecule has 3 heterocycles. The summed E-state index contributed by atoms with van der Waals surface area (Å²) < 4.78 is 8.50. The van der Waals surface area contributed by atoms with Crippen LogP contribution in [0.3, 0.4) is 0 Å². The van der Waals surface area contributed by atoms with Crippen LogP contribution in [0.2, 0.25) is 5.02 Å². The number of ether oxygens (including phenoxy) is 1. The molecule has 0 spiro atoms. The van der Waals surface area contributed by atoms with Gasteiger partial charge in [0, 0.05) is 21.7 Å². The zero-order chi connectivity index (χ0) is 25.4. The summed E-state index contributed by atoms with van der Waals surface area (Å²) in [7, 11) is 1.54. The van der Waals surface area contributed by atoms with E-state index in [-0.39, 0.29) is 19.0 Å². The molecule has 182 valence electrons. The number of hydroxylamine groups is 2. The van der Waals surface area contributed by atoms with Crippen molar-refractivity contribution in [3.05, 3.63) is 83.2 Å². The molecule has 0 bridgehead atoms. The van der Waals surface area contributed by atoms with Gasteiger partial charge in [0.15, 0.2) is 5.65 Å². The summed E-state index contributed by atoms with van der Waals surface area (Å²) in [6, 6.07) is 11.9. The number of hydrogen-bond acceptors (Lipinski definition) is 7. The quantitative estimate of drug-likeness (QED) is 0.276. The number of hydrogen-bond donors (Lipinski definition) is 1. The van der Waals surface area contributed by atoms with Crippen LogP contribution in [0.15, 0.2) is 61.3 Å². The minimum absolute atomic E-state index is 0.143. The van der Waals surface area contributed by atoms with Crippen molar-refractivity contribution in [1.82, 2.24) is 29.1 Å². The van der Waals surface area contributed by atoms with Crippen LogP contribution >= 0.6 is 11.6 Å². The first-order valence-corrected chi connectivity index (χ1v) is 11.3. The molecule has 5 aromatic rings. The fourth-order valence-corrected chi connectivity index (χ4v) is 4.30. The largest absolute Gasteiger partial charge is 0.497 e. The number of carbonyl (C=O) groups excluding carboxylic acids is 2. The summed E-state index contributed by atoms with van der Waals surface area (Å²) in [5.41, 5.74) is 3.30. The van der Waals surface area contributed by atoms with Crippen LogP contribution in [-0.2, 0) is 17.9 Å². The van der Waals surface area contributed by atoms with Crippen LogP contribution in [0, 0.1) is 6.92 Å². The van der Waals surface area contributed by atoms with Gasteiger partial charge in [-0.1, -0.05) is 11.6 Å². The number of imidazole rings is 1. The second-order valence-electron chi connectivity index (χ2n) is 8.15. The van der Waals surface area contributed by atoms with Gasteiger partial charge < -0.3 is 9.30 Å². The summed E-state index contributed by atoms with van der Waals surface area (Å²) in [6.45, 7) is 1.61. The number of fused-ring (bicyclic) bond motifs is 2. The van der Waals surface area contributed by atoms with Gasteiger partial charge in [-0.3, -0.25) is 19.4 Å². The Bertz CT molecular complexity index is 1610. The Balaban J connectivity index is 1.50. The molecule has 5 rings (SSSR count). The lowest BCUT2D eigenvalue weighted by molar-refractivity contribution is -0.171. The molecule has 36 heavy (non-hydrogen) atoms. The molecule has 0 aliphatic heterocycles. The molecule has 0 aliphatic rings. The monoisotopic (exact) mass is 504 g/mol. The normalized spacial score (nSPS) is 11.2. The van der Waals surface area contributed by atoms with Gasteiger partial charge >= 0.3 is 0 Å². The number of rotatable bonds is 6. The minimum atomic E-state index is -0.558. The minimum Gasteiger partial charge on any atom is -0.497 e. The Morgan fingerprint density at radius 1 is 1.11 bits per heavy atom. The number of methoxy groups -OCH3 is 1. The summed E-state index contributed by atoms with van der Waals surface area (Å²) >= 11 is 5.99. The lowest BCUT2D eigenvalue weighted by Crippen LogP contribution is -2.31. The highest BCUT2D eigenvalue weighted by Gasteiger charge is 2.24. The molecule has 0 fully saturated rings. The molecule has 1 N–H and O–H groups in total. The number of nitrogens with zero attached hydrogens (tertiary/aromatic N) is 6. The number of aromatic nitrogens is 5. The molecule has 1 amide bonds. The summed E-state index contributed by atoms with van der Waals surface area (Å²) in [5.74, 6) is -0.237. The maximum absolute atomic E-state index is 13.4. The van der Waals surface area contributed by atoms with Crippen LogP contribution in [0.5, 0.6) is 5.75 Å². The van der Waals surface area contributed by atoms with Gasteiger partial charge in [0.1, 0.15) is 24.3 Å². The molecule has 3 aromatic heterocycles. The fraction of sp³-hybridized carbons (Fsp3) is 0.160. The Hall–Kier alpha value is -4.28. The molecule has 0 atom stereocenters. The van der Waals surface area contributed by atoms with E-state index in [4.69, 9.17) is 16.3 Å². The topological polar surface area (TPSA) is 115 Å². The third kappa shape index (κ3) is 4.16. The van der Waals surface area contributed by atoms with E-state index in [0.717, 1.165) is 0 Å². The number of carbonyl (C=O) groups is 2. The van der Waals surface area contributed by atoms with Crippen molar-refractivity contribution in [3.8, 4) is 5.75 Å². The van der Waals surface area contributed by atoms with Crippen LogP contribution in [-0.4, -0.2) is 53.3 Å². The molecule has 2 aromatic carbocycles. The zero-order valence-corrected chi connectivity index (χ0v) is 20.2. The van der Waals surface area contributed by atoms with Crippen LogP contribution in [0.1, 0.15) is 21.6 Å². The summed E-state index contributed by atoms with van der Waals surface area (Å²) in [6.07, 6.45) is 4.26. The van der Waals surface area contributed by atoms with E-state index in [1.807, 2.05) is 0 Å². The van der Waals surface area contributed by atoms with E-state index < -0.39 is 5.91 Å². The average Bonchev–Trinajstić information content (AvgIpc) is 3.42. The van der Waals surface area contributed by atoms with Crippen LogP contribution in [0.4, 0.5) is 0 Å². The van der Waals surface area contributed by atoms with Gasteiger partial charge in [0.2, 0.25) is 0 Å². The standard InChI is InChI=1S/C25H21ClN6O4/c1-15-19(10-23(33)31(35)14-30-13-29-24-22(30)11-27-12-28-24)20-9-18(36-2)7-8-21(20)32(15)25(34)16-3-5-17(26)6-4-16/h3-9,11-13,35H,10,14H2,1-2H3. The molecule has 0 radical (unpaired) electrons. The maximum Gasteiger partial charge on any atom is 0.262 e. The number of amides is 1. The molecule has 11 heteroatoms. The maximum atomic E-state index is 13.4. The van der Waals surface area contributed by atoms with Crippen LogP contribution < -0.4 is 4.74 Å². The Morgan fingerprint density at radius 3 is 2.64 bits per heavy atom. The highest BCUT2D eigenvalue weighted by Crippen LogP contribution is 2.31. The molecule has 0 aliphatic carbocycles. The van der Waals surface area contributed by atoms with E-state index >= 15 is 0 Å². The van der Waals surface area contributed by atoms with Crippen molar-refractivity contribution in [2.24, 2.45) is 0 Å². The molecular formula is C25H21ClN6O4. The fourth-order valence-electron chi connectivity index (χ4n) is 4.18.